The van der Waals surface area contributed by atoms with Gasteiger partial charge >= 0.3 is 0 Å². The summed E-state index contributed by atoms with van der Waals surface area (Å²) in [7, 11) is 0. The lowest BCUT2D eigenvalue weighted by Crippen LogP contribution is -2.36. The minimum absolute atomic E-state index is 0.286. The van der Waals surface area contributed by atoms with Crippen molar-refractivity contribution in [1.82, 2.24) is 15.8 Å². The van der Waals surface area contributed by atoms with Gasteiger partial charge in [0, 0.05) is 6.20 Å². The average Bonchev–Trinajstić information content (AvgIpc) is 2.47. The molecule has 6 heteroatoms. The molecule has 12 heavy (non-hydrogen) atoms. The topological polar surface area (TPSA) is 74.0 Å². The Morgan fingerprint density at radius 2 is 2.42 bits per heavy atom. The fourth-order valence-electron chi connectivity index (χ4n) is 0.661. The Balaban J connectivity index is 2.59. The number of H-pyrrole nitrogens is 1. The maximum absolute atomic E-state index is 11.0. The summed E-state index contributed by atoms with van der Waals surface area (Å²) in [6.07, 6.45) is 1.83. The fraction of sp³-hybridized carbons (Fsp3) is 0. The van der Waals surface area contributed by atoms with Crippen LogP contribution in [0.3, 0.4) is 0 Å². The minimum atomic E-state index is -0.450. The third-order valence-electron chi connectivity index (χ3n) is 1.14. The molecule has 0 saturated carbocycles. The number of nitrogens with one attached hydrogen (secondary N) is 3. The quantitative estimate of drug-likeness (QED) is 0.463. The van der Waals surface area contributed by atoms with E-state index in [0.717, 1.165) is 0 Å². The minimum Gasteiger partial charge on any atom is -0.356 e. The molecule has 0 aliphatic heterocycles. The van der Waals surface area contributed by atoms with Gasteiger partial charge in [0.25, 0.3) is 5.91 Å². The summed E-state index contributed by atoms with van der Waals surface area (Å²) >= 11 is 5.54. The number of hydrazine groups is 1. The van der Waals surface area contributed by atoms with Crippen molar-refractivity contribution in [2.45, 2.75) is 0 Å². The van der Waals surface area contributed by atoms with Crippen molar-refractivity contribution in [2.75, 3.05) is 0 Å². The molecule has 0 bridgehead atoms. The number of carbonyl (C=O) groups is 2. The number of carbonyl (C=O) groups excluding carboxylic acids is 2. The first kappa shape index (κ1) is 8.61. The molecule has 0 radical (unpaired) electrons. The molecular weight excluding hydrogens is 182 g/mol. The molecule has 2 amide bonds. The van der Waals surface area contributed by atoms with Gasteiger partial charge in [-0.1, -0.05) is 11.6 Å². The van der Waals surface area contributed by atoms with E-state index in [1.165, 1.54) is 12.3 Å². The van der Waals surface area contributed by atoms with Gasteiger partial charge in [0.15, 0.2) is 0 Å². The Bertz CT molecular complexity index is 297. The molecule has 1 aromatic heterocycles. The van der Waals surface area contributed by atoms with Crippen molar-refractivity contribution in [3.63, 3.8) is 0 Å². The van der Waals surface area contributed by atoms with Crippen molar-refractivity contribution >= 4 is 23.9 Å². The smallest absolute Gasteiger partial charge is 0.286 e. The highest BCUT2D eigenvalue weighted by Gasteiger charge is 2.05. The van der Waals surface area contributed by atoms with Crippen LogP contribution in [0.25, 0.3) is 0 Å². The summed E-state index contributed by atoms with van der Waals surface area (Å²) in [5, 5.41) is 0.436. The van der Waals surface area contributed by atoms with E-state index in [9.17, 15) is 9.59 Å². The zero-order chi connectivity index (χ0) is 8.97. The number of hydrogen-bond donors (Lipinski definition) is 3. The predicted octanol–water partition coefficient (Wildman–Crippen LogP) is 0.0589. The largest absolute Gasteiger partial charge is 0.356 e. The molecule has 1 heterocycles. The van der Waals surface area contributed by atoms with Gasteiger partial charge in [0.2, 0.25) is 6.41 Å². The van der Waals surface area contributed by atoms with Crippen LogP contribution in [0.1, 0.15) is 10.5 Å². The van der Waals surface area contributed by atoms with E-state index >= 15 is 0 Å². The van der Waals surface area contributed by atoms with E-state index < -0.39 is 5.91 Å². The summed E-state index contributed by atoms with van der Waals surface area (Å²) in [6.45, 7) is 0. The molecule has 1 rings (SSSR count). The van der Waals surface area contributed by atoms with E-state index in [-0.39, 0.29) is 5.69 Å². The van der Waals surface area contributed by atoms with Crippen molar-refractivity contribution in [3.05, 3.63) is 23.0 Å². The van der Waals surface area contributed by atoms with Gasteiger partial charge in [-0.15, -0.1) is 0 Å². The van der Waals surface area contributed by atoms with Crippen LogP contribution in [-0.2, 0) is 4.79 Å². The van der Waals surface area contributed by atoms with Crippen molar-refractivity contribution < 1.29 is 9.59 Å². The van der Waals surface area contributed by atoms with Crippen LogP contribution < -0.4 is 10.9 Å². The maximum Gasteiger partial charge on any atom is 0.286 e. The second-order valence-corrected chi connectivity index (χ2v) is 2.38. The van der Waals surface area contributed by atoms with Crippen molar-refractivity contribution in [1.29, 1.82) is 0 Å². The zero-order valence-electron chi connectivity index (χ0n) is 5.93. The highest BCUT2D eigenvalue weighted by molar-refractivity contribution is 6.30. The molecular formula is C6H6ClN3O2. The highest BCUT2D eigenvalue weighted by Crippen LogP contribution is 2.08. The lowest BCUT2D eigenvalue weighted by molar-refractivity contribution is -0.110. The van der Waals surface area contributed by atoms with E-state index in [4.69, 9.17) is 11.6 Å². The fourth-order valence-corrected chi connectivity index (χ4v) is 0.825. The van der Waals surface area contributed by atoms with Gasteiger partial charge in [-0.05, 0) is 6.07 Å². The molecule has 3 N–H and O–H groups in total. The maximum atomic E-state index is 11.0. The van der Waals surface area contributed by atoms with Crippen molar-refractivity contribution in [2.24, 2.45) is 0 Å². The van der Waals surface area contributed by atoms with Gasteiger partial charge < -0.3 is 4.98 Å². The first-order valence-corrected chi connectivity index (χ1v) is 3.45. The number of halogens is 1. The molecule has 0 aromatic carbocycles. The Morgan fingerprint density at radius 1 is 1.67 bits per heavy atom. The predicted molar refractivity (Wildman–Crippen MR) is 42.5 cm³/mol. The molecule has 0 atom stereocenters. The Morgan fingerprint density at radius 3 is 2.92 bits per heavy atom. The molecule has 0 unspecified atom stereocenters. The van der Waals surface area contributed by atoms with Crippen LogP contribution in [0.15, 0.2) is 12.3 Å². The molecule has 1 aromatic rings. The standard InChI is InChI=1S/C6H6ClN3O2/c7-4-1-5(8-2-4)6(12)10-9-3-11/h1-3,8H,(H,9,11)(H,10,12). The SMILES string of the molecule is O=CNNC(=O)c1cc(Cl)c[nH]1. The Kier molecular flexibility index (Phi) is 2.71. The summed E-state index contributed by atoms with van der Waals surface area (Å²) < 4.78 is 0. The Labute approximate surface area is 73.1 Å². The highest BCUT2D eigenvalue weighted by atomic mass is 35.5. The first-order valence-electron chi connectivity index (χ1n) is 3.07. The molecule has 5 nitrogen and oxygen atoms in total. The first-order chi connectivity index (χ1) is 5.74. The lowest BCUT2D eigenvalue weighted by Gasteiger charge is -1.98. The van der Waals surface area contributed by atoms with Crippen LogP contribution >= 0.6 is 11.6 Å². The number of aromatic amines is 1. The monoisotopic (exact) mass is 187 g/mol. The third kappa shape index (κ3) is 2.00. The van der Waals surface area contributed by atoms with Gasteiger partial charge in [-0.2, -0.15) is 0 Å². The van der Waals surface area contributed by atoms with Gasteiger partial charge in [-0.25, -0.2) is 0 Å². The van der Waals surface area contributed by atoms with E-state index in [1.807, 2.05) is 5.43 Å². The molecule has 0 fully saturated rings. The van der Waals surface area contributed by atoms with Crippen LogP contribution in [0, 0.1) is 0 Å². The average molecular weight is 188 g/mol. The zero-order valence-corrected chi connectivity index (χ0v) is 6.68. The summed E-state index contributed by atoms with van der Waals surface area (Å²) in [6, 6.07) is 1.45. The molecule has 0 aliphatic carbocycles. The molecule has 0 aliphatic rings. The van der Waals surface area contributed by atoms with E-state index in [1.54, 1.807) is 0 Å². The van der Waals surface area contributed by atoms with E-state index in [0.29, 0.717) is 11.4 Å². The number of aromatic nitrogens is 1. The summed E-state index contributed by atoms with van der Waals surface area (Å²) in [5.74, 6) is -0.450. The van der Waals surface area contributed by atoms with Crippen LogP contribution in [0.5, 0.6) is 0 Å². The van der Waals surface area contributed by atoms with Gasteiger partial charge in [0.05, 0.1) is 5.02 Å². The molecule has 0 spiro atoms. The van der Waals surface area contributed by atoms with Gasteiger partial charge in [-0.3, -0.25) is 20.4 Å². The summed E-state index contributed by atoms with van der Waals surface area (Å²) in [4.78, 5) is 23.4. The van der Waals surface area contributed by atoms with E-state index in [2.05, 4.69) is 10.4 Å². The second kappa shape index (κ2) is 3.77. The number of hydrogen-bond acceptors (Lipinski definition) is 2. The van der Waals surface area contributed by atoms with Crippen molar-refractivity contribution in [3.8, 4) is 0 Å². The van der Waals surface area contributed by atoms with Crippen LogP contribution in [-0.4, -0.2) is 17.3 Å². The lowest BCUT2D eigenvalue weighted by atomic mass is 10.4. The van der Waals surface area contributed by atoms with Gasteiger partial charge in [0.1, 0.15) is 5.69 Å². The molecule has 0 saturated heterocycles. The molecule has 64 valence electrons. The summed E-state index contributed by atoms with van der Waals surface area (Å²) in [5.41, 5.74) is 4.41. The number of amides is 2. The number of rotatable bonds is 3. The van der Waals surface area contributed by atoms with Crippen LogP contribution in [0.2, 0.25) is 5.02 Å². The normalized spacial score (nSPS) is 9.08. The third-order valence-corrected chi connectivity index (χ3v) is 1.36. The Hall–Kier alpha value is -1.49. The van der Waals surface area contributed by atoms with Crippen LogP contribution in [0.4, 0.5) is 0 Å². The second-order valence-electron chi connectivity index (χ2n) is 1.95.